The molecule has 0 saturated carbocycles. The van der Waals surface area contributed by atoms with Gasteiger partial charge in [0.2, 0.25) is 10.0 Å². The molecule has 2 amide bonds. The molecule has 0 saturated heterocycles. The molecule has 14 heteroatoms. The maximum atomic E-state index is 14.1. The van der Waals surface area contributed by atoms with Crippen LogP contribution in [0.3, 0.4) is 0 Å². The van der Waals surface area contributed by atoms with Crippen molar-refractivity contribution in [3.63, 3.8) is 0 Å². The number of aromatic nitrogens is 2. The van der Waals surface area contributed by atoms with Gasteiger partial charge in [-0.05, 0) is 106 Å². The Labute approximate surface area is 332 Å². The highest BCUT2D eigenvalue weighted by Crippen LogP contribution is 2.30. The molecule has 13 nitrogen and oxygen atoms in total. The summed E-state index contributed by atoms with van der Waals surface area (Å²) in [6, 6.07) is 27.6. The van der Waals surface area contributed by atoms with Gasteiger partial charge in [0, 0.05) is 41.8 Å². The van der Waals surface area contributed by atoms with Crippen LogP contribution in [0.4, 0.5) is 11.4 Å². The van der Waals surface area contributed by atoms with Crippen LogP contribution in [-0.2, 0) is 29.1 Å². The largest absolute Gasteiger partial charge is 0.462 e. The van der Waals surface area contributed by atoms with E-state index in [1.807, 2.05) is 44.2 Å². The SMILES string of the molecule is CCCN(CCC)S(=O)(=O)c1cccc(-c2nn(-c3ccccc3)cc2C=C(C(=O)Nc2ccc(C(=O)OCC)cc2)C(=O)Nc2ccc(C(=O)OCC)cc2)c1. The number of para-hydroxylation sites is 1. The molecule has 1 aromatic heterocycles. The van der Waals surface area contributed by atoms with Gasteiger partial charge in [-0.15, -0.1) is 0 Å². The van der Waals surface area contributed by atoms with Gasteiger partial charge < -0.3 is 20.1 Å². The van der Waals surface area contributed by atoms with Crippen LogP contribution in [0.1, 0.15) is 66.8 Å². The van der Waals surface area contributed by atoms with Crippen LogP contribution in [0.5, 0.6) is 0 Å². The maximum absolute atomic E-state index is 14.1. The van der Waals surface area contributed by atoms with Crippen molar-refractivity contribution in [1.29, 1.82) is 0 Å². The van der Waals surface area contributed by atoms with Gasteiger partial charge in [0.25, 0.3) is 11.8 Å². The van der Waals surface area contributed by atoms with E-state index < -0.39 is 33.8 Å². The Balaban J connectivity index is 1.61. The molecule has 0 aliphatic rings. The number of carbonyl (C=O) groups excluding carboxylic acids is 4. The number of anilines is 2. The number of sulfonamides is 1. The zero-order chi connectivity index (χ0) is 41.0. The van der Waals surface area contributed by atoms with Crippen LogP contribution in [-0.4, -0.2) is 72.6 Å². The van der Waals surface area contributed by atoms with Crippen molar-refractivity contribution < 1.29 is 37.1 Å². The number of benzene rings is 4. The minimum atomic E-state index is -3.86. The predicted molar refractivity (Wildman–Crippen MR) is 218 cm³/mol. The van der Waals surface area contributed by atoms with Crippen molar-refractivity contribution in [3.8, 4) is 16.9 Å². The number of ether oxygens (including phenoxy) is 2. The van der Waals surface area contributed by atoms with Gasteiger partial charge in [0.15, 0.2) is 0 Å². The fourth-order valence-corrected chi connectivity index (χ4v) is 7.50. The molecular weight excluding hydrogens is 747 g/mol. The lowest BCUT2D eigenvalue weighted by atomic mass is 10.0. The molecular formula is C43H45N5O8S. The van der Waals surface area contributed by atoms with Crippen molar-refractivity contribution >= 4 is 51.2 Å². The Hall–Kier alpha value is -6.38. The van der Waals surface area contributed by atoms with Gasteiger partial charge in [-0.3, -0.25) is 9.59 Å². The molecule has 5 aromatic rings. The summed E-state index contributed by atoms with van der Waals surface area (Å²) in [5.74, 6) is -2.62. The van der Waals surface area contributed by atoms with Gasteiger partial charge in [-0.25, -0.2) is 22.7 Å². The standard InChI is InChI=1S/C43H45N5O8S/c1-5-25-47(26-6-2)57(53,54)37-16-12-13-32(27-37)39-33(29-48(46-39)36-14-10-9-11-15-36)28-38(40(49)44-34-21-17-30(18-22-34)42(51)55-7-3)41(50)45-35-23-19-31(20-24-35)43(52)56-8-4/h9-24,27-29H,5-8,25-26H2,1-4H3,(H,44,49)(H,45,50). The van der Waals surface area contributed by atoms with Crippen molar-refractivity contribution in [2.75, 3.05) is 36.9 Å². The van der Waals surface area contributed by atoms with E-state index in [2.05, 4.69) is 10.6 Å². The molecule has 2 N–H and O–H groups in total. The van der Waals surface area contributed by atoms with Crippen molar-refractivity contribution in [2.45, 2.75) is 45.4 Å². The van der Waals surface area contributed by atoms with Crippen molar-refractivity contribution in [1.82, 2.24) is 14.1 Å². The van der Waals surface area contributed by atoms with E-state index in [4.69, 9.17) is 14.6 Å². The summed E-state index contributed by atoms with van der Waals surface area (Å²) in [4.78, 5) is 52.7. The molecule has 57 heavy (non-hydrogen) atoms. The molecule has 0 spiro atoms. The lowest BCUT2D eigenvalue weighted by Gasteiger charge is -2.21. The Bertz CT molecular complexity index is 2260. The Kier molecular flexibility index (Phi) is 14.3. The molecule has 0 unspecified atom stereocenters. The number of nitrogens with zero attached hydrogens (tertiary/aromatic N) is 3. The third kappa shape index (κ3) is 10.5. The van der Waals surface area contributed by atoms with E-state index in [-0.39, 0.29) is 34.8 Å². The molecule has 0 radical (unpaired) electrons. The quantitative estimate of drug-likeness (QED) is 0.0423. The predicted octanol–water partition coefficient (Wildman–Crippen LogP) is 7.36. The molecule has 0 bridgehead atoms. The first kappa shape index (κ1) is 41.8. The fourth-order valence-electron chi connectivity index (χ4n) is 5.83. The van der Waals surface area contributed by atoms with Crippen LogP contribution in [0, 0.1) is 0 Å². The topological polar surface area (TPSA) is 166 Å². The maximum Gasteiger partial charge on any atom is 0.338 e. The lowest BCUT2D eigenvalue weighted by Crippen LogP contribution is -2.32. The highest BCUT2D eigenvalue weighted by molar-refractivity contribution is 7.89. The highest BCUT2D eigenvalue weighted by Gasteiger charge is 2.26. The average Bonchev–Trinajstić information content (AvgIpc) is 3.65. The van der Waals surface area contributed by atoms with E-state index in [0.29, 0.717) is 59.8 Å². The molecule has 296 valence electrons. The van der Waals surface area contributed by atoms with Crippen LogP contribution in [0.15, 0.2) is 120 Å². The fraction of sp³-hybridized carbons (Fsp3) is 0.233. The Morgan fingerprint density at radius 3 is 1.72 bits per heavy atom. The third-order valence-corrected chi connectivity index (χ3v) is 10.4. The van der Waals surface area contributed by atoms with E-state index in [1.54, 1.807) is 42.9 Å². The first-order chi connectivity index (χ1) is 27.5. The minimum absolute atomic E-state index is 0.0827. The average molecular weight is 792 g/mol. The molecule has 5 rings (SSSR count). The van der Waals surface area contributed by atoms with Crippen LogP contribution < -0.4 is 10.6 Å². The van der Waals surface area contributed by atoms with Crippen molar-refractivity contribution in [2.24, 2.45) is 0 Å². The minimum Gasteiger partial charge on any atom is -0.462 e. The molecule has 0 fully saturated rings. The number of esters is 2. The van der Waals surface area contributed by atoms with Gasteiger partial charge in [-0.2, -0.15) is 9.40 Å². The van der Waals surface area contributed by atoms with Gasteiger partial charge >= 0.3 is 11.9 Å². The number of hydrogen-bond donors (Lipinski definition) is 2. The van der Waals surface area contributed by atoms with Crippen molar-refractivity contribution in [3.05, 3.63) is 132 Å². The van der Waals surface area contributed by atoms with Crippen LogP contribution >= 0.6 is 0 Å². The molecule has 4 aromatic carbocycles. The summed E-state index contributed by atoms with van der Waals surface area (Å²) in [5, 5.41) is 10.3. The van der Waals surface area contributed by atoms with E-state index in [0.717, 1.165) is 0 Å². The number of rotatable bonds is 17. The van der Waals surface area contributed by atoms with Gasteiger partial charge in [0.1, 0.15) is 11.3 Å². The van der Waals surface area contributed by atoms with Gasteiger partial charge in [0.05, 0.1) is 34.9 Å². The number of carbonyl (C=O) groups is 4. The molecule has 0 aliphatic carbocycles. The zero-order valence-electron chi connectivity index (χ0n) is 32.2. The van der Waals surface area contributed by atoms with Crippen LogP contribution in [0.2, 0.25) is 0 Å². The van der Waals surface area contributed by atoms with E-state index in [9.17, 15) is 27.6 Å². The second kappa shape index (κ2) is 19.5. The monoisotopic (exact) mass is 791 g/mol. The van der Waals surface area contributed by atoms with Gasteiger partial charge in [-0.1, -0.05) is 44.2 Å². The smallest absolute Gasteiger partial charge is 0.338 e. The number of nitrogens with one attached hydrogen (secondary N) is 2. The summed E-state index contributed by atoms with van der Waals surface area (Å²) in [5.41, 5.74) is 2.60. The van der Waals surface area contributed by atoms with E-state index in [1.165, 1.54) is 65.0 Å². The summed E-state index contributed by atoms with van der Waals surface area (Å²) in [6.07, 6.45) is 4.32. The Morgan fingerprint density at radius 2 is 1.23 bits per heavy atom. The van der Waals surface area contributed by atoms with Crippen LogP contribution in [0.25, 0.3) is 23.0 Å². The first-order valence-electron chi connectivity index (χ1n) is 18.6. The molecule has 1 heterocycles. The normalized spacial score (nSPS) is 11.1. The first-order valence-corrected chi connectivity index (χ1v) is 20.1. The third-order valence-electron chi connectivity index (χ3n) is 8.55. The molecule has 0 aliphatic heterocycles. The number of amides is 2. The number of hydrogen-bond acceptors (Lipinski definition) is 9. The second-order valence-electron chi connectivity index (χ2n) is 12.7. The second-order valence-corrected chi connectivity index (χ2v) is 14.6. The summed E-state index contributed by atoms with van der Waals surface area (Å²) in [6.45, 7) is 8.36. The zero-order valence-corrected chi connectivity index (χ0v) is 33.0. The summed E-state index contributed by atoms with van der Waals surface area (Å²) >= 11 is 0. The summed E-state index contributed by atoms with van der Waals surface area (Å²) in [7, 11) is -3.86. The molecule has 0 atom stereocenters. The summed E-state index contributed by atoms with van der Waals surface area (Å²) < 4.78 is 40.8. The highest BCUT2D eigenvalue weighted by atomic mass is 32.2. The lowest BCUT2D eigenvalue weighted by molar-refractivity contribution is -0.118. The Morgan fingerprint density at radius 1 is 0.702 bits per heavy atom. The van der Waals surface area contributed by atoms with E-state index >= 15 is 0 Å².